The number of hydrogen-bond acceptors (Lipinski definition) is 3. The molecule has 1 N–H and O–H groups in total. The summed E-state index contributed by atoms with van der Waals surface area (Å²) in [6.45, 7) is 7.53. The Morgan fingerprint density at radius 3 is 2.65 bits per heavy atom. The van der Waals surface area contributed by atoms with Crippen LogP contribution in [0.15, 0.2) is 24.3 Å². The van der Waals surface area contributed by atoms with Crippen LogP contribution in [0.1, 0.15) is 20.8 Å². The molecule has 1 aromatic rings. The Balaban J connectivity index is 1.98. The van der Waals surface area contributed by atoms with Crippen molar-refractivity contribution < 1.29 is 9.53 Å². The van der Waals surface area contributed by atoms with Gasteiger partial charge in [0, 0.05) is 23.8 Å². The van der Waals surface area contributed by atoms with Crippen LogP contribution in [0.5, 0.6) is 0 Å². The number of rotatable bonds is 3. The summed E-state index contributed by atoms with van der Waals surface area (Å²) in [5.41, 5.74) is 0.726. The second kappa shape index (κ2) is 6.57. The number of halogens is 1. The monoisotopic (exact) mass is 296 g/mol. The predicted octanol–water partition coefficient (Wildman–Crippen LogP) is 2.78. The molecule has 1 saturated heterocycles. The third-order valence-electron chi connectivity index (χ3n) is 3.47. The lowest BCUT2D eigenvalue weighted by Crippen LogP contribution is -2.52. The molecular weight excluding hydrogens is 276 g/mol. The molecule has 1 amide bonds. The minimum absolute atomic E-state index is 0.0198. The van der Waals surface area contributed by atoms with Crippen LogP contribution in [0.3, 0.4) is 0 Å². The Bertz CT molecular complexity index is 471. The molecule has 20 heavy (non-hydrogen) atoms. The molecule has 0 unspecified atom stereocenters. The molecule has 0 aliphatic carbocycles. The number of carbonyl (C=O) groups excluding carboxylic acids is 1. The SMILES string of the molecule is C[C@@H]1CN([C@@H](C)C(=O)Nc2cccc(Cl)c2)C[C@H](C)O1. The fourth-order valence-corrected chi connectivity index (χ4v) is 2.70. The summed E-state index contributed by atoms with van der Waals surface area (Å²) in [5, 5.41) is 3.52. The van der Waals surface area contributed by atoms with Gasteiger partial charge < -0.3 is 10.1 Å². The summed E-state index contributed by atoms with van der Waals surface area (Å²) >= 11 is 5.92. The smallest absolute Gasteiger partial charge is 0.241 e. The van der Waals surface area contributed by atoms with Gasteiger partial charge in [0.25, 0.3) is 0 Å². The average Bonchev–Trinajstić information content (AvgIpc) is 2.36. The van der Waals surface area contributed by atoms with E-state index < -0.39 is 0 Å². The van der Waals surface area contributed by atoms with Crippen molar-refractivity contribution >= 4 is 23.2 Å². The van der Waals surface area contributed by atoms with Gasteiger partial charge in [-0.2, -0.15) is 0 Å². The van der Waals surface area contributed by atoms with Crippen LogP contribution >= 0.6 is 11.6 Å². The van der Waals surface area contributed by atoms with Crippen molar-refractivity contribution in [2.75, 3.05) is 18.4 Å². The van der Waals surface area contributed by atoms with Crippen LogP contribution < -0.4 is 5.32 Å². The third-order valence-corrected chi connectivity index (χ3v) is 3.70. The topological polar surface area (TPSA) is 41.6 Å². The summed E-state index contributed by atoms with van der Waals surface area (Å²) < 4.78 is 5.69. The molecule has 0 spiro atoms. The molecule has 1 fully saturated rings. The number of morpholine rings is 1. The normalized spacial score (nSPS) is 25.2. The molecule has 3 atom stereocenters. The van der Waals surface area contributed by atoms with Crippen molar-refractivity contribution in [3.63, 3.8) is 0 Å². The van der Waals surface area contributed by atoms with Crippen molar-refractivity contribution in [1.29, 1.82) is 0 Å². The van der Waals surface area contributed by atoms with E-state index in [1.165, 1.54) is 0 Å². The molecule has 5 heteroatoms. The van der Waals surface area contributed by atoms with Gasteiger partial charge in [-0.1, -0.05) is 17.7 Å². The summed E-state index contributed by atoms with van der Waals surface area (Å²) in [5.74, 6) is -0.0198. The Morgan fingerprint density at radius 1 is 1.40 bits per heavy atom. The first-order valence-corrected chi connectivity index (χ1v) is 7.29. The summed E-state index contributed by atoms with van der Waals surface area (Å²) in [6.07, 6.45) is 0.306. The fraction of sp³-hybridized carbons (Fsp3) is 0.533. The standard InChI is InChI=1S/C15H21ClN2O2/c1-10-8-18(9-11(2)20-10)12(3)15(19)17-14-6-4-5-13(16)7-14/h4-7,10-12H,8-9H2,1-3H3,(H,17,19)/t10-,11+,12-/m0/s1. The van der Waals surface area contributed by atoms with Gasteiger partial charge in [-0.25, -0.2) is 0 Å². The molecule has 1 aromatic carbocycles. The van der Waals surface area contributed by atoms with Crippen molar-refractivity contribution in [3.8, 4) is 0 Å². The summed E-state index contributed by atoms with van der Waals surface area (Å²) in [7, 11) is 0. The first kappa shape index (κ1) is 15.3. The van der Waals surface area contributed by atoms with Crippen molar-refractivity contribution in [2.45, 2.75) is 39.0 Å². The molecule has 0 aromatic heterocycles. The minimum atomic E-state index is -0.192. The van der Waals surface area contributed by atoms with Crippen LogP contribution in [0.4, 0.5) is 5.69 Å². The zero-order valence-corrected chi connectivity index (χ0v) is 12.9. The Kier molecular flexibility index (Phi) is 5.02. The van der Waals surface area contributed by atoms with E-state index in [4.69, 9.17) is 16.3 Å². The number of anilines is 1. The highest BCUT2D eigenvalue weighted by molar-refractivity contribution is 6.30. The highest BCUT2D eigenvalue weighted by Gasteiger charge is 2.29. The number of hydrogen-bond donors (Lipinski definition) is 1. The van der Waals surface area contributed by atoms with E-state index in [1.54, 1.807) is 12.1 Å². The number of ether oxygens (including phenoxy) is 1. The molecular formula is C15H21ClN2O2. The molecule has 110 valence electrons. The van der Waals surface area contributed by atoms with E-state index >= 15 is 0 Å². The van der Waals surface area contributed by atoms with Gasteiger partial charge in [0.05, 0.1) is 18.2 Å². The van der Waals surface area contributed by atoms with Gasteiger partial charge in [0.15, 0.2) is 0 Å². The Labute approximate surface area is 125 Å². The molecule has 1 aliphatic heterocycles. The first-order chi connectivity index (χ1) is 9.45. The van der Waals surface area contributed by atoms with Gasteiger partial charge >= 0.3 is 0 Å². The zero-order valence-electron chi connectivity index (χ0n) is 12.1. The van der Waals surface area contributed by atoms with Crippen LogP contribution in [0.25, 0.3) is 0 Å². The quantitative estimate of drug-likeness (QED) is 0.932. The average molecular weight is 297 g/mol. The molecule has 0 radical (unpaired) electrons. The van der Waals surface area contributed by atoms with Gasteiger partial charge in [-0.3, -0.25) is 9.69 Å². The van der Waals surface area contributed by atoms with Crippen LogP contribution in [-0.4, -0.2) is 42.1 Å². The van der Waals surface area contributed by atoms with E-state index in [2.05, 4.69) is 10.2 Å². The van der Waals surface area contributed by atoms with Gasteiger partial charge in [0.2, 0.25) is 5.91 Å². The van der Waals surface area contributed by atoms with Crippen LogP contribution in [0, 0.1) is 0 Å². The maximum atomic E-state index is 12.3. The largest absolute Gasteiger partial charge is 0.373 e. The van der Waals surface area contributed by atoms with Gasteiger partial charge in [-0.05, 0) is 39.0 Å². The predicted molar refractivity (Wildman–Crippen MR) is 81.1 cm³/mol. The molecule has 2 rings (SSSR count). The second-order valence-corrected chi connectivity index (χ2v) is 5.82. The van der Waals surface area contributed by atoms with Crippen molar-refractivity contribution in [2.24, 2.45) is 0 Å². The molecule has 1 aliphatic rings. The fourth-order valence-electron chi connectivity index (χ4n) is 2.51. The Hall–Kier alpha value is -1.10. The third kappa shape index (κ3) is 3.95. The number of carbonyl (C=O) groups is 1. The second-order valence-electron chi connectivity index (χ2n) is 5.39. The van der Waals surface area contributed by atoms with E-state index in [1.807, 2.05) is 32.9 Å². The lowest BCUT2D eigenvalue weighted by molar-refractivity contribution is -0.126. The maximum Gasteiger partial charge on any atom is 0.241 e. The van der Waals surface area contributed by atoms with Crippen LogP contribution in [-0.2, 0) is 9.53 Å². The lowest BCUT2D eigenvalue weighted by Gasteiger charge is -2.38. The maximum absolute atomic E-state index is 12.3. The van der Waals surface area contributed by atoms with Crippen molar-refractivity contribution in [3.05, 3.63) is 29.3 Å². The summed E-state index contributed by atoms with van der Waals surface area (Å²) in [4.78, 5) is 14.5. The first-order valence-electron chi connectivity index (χ1n) is 6.91. The minimum Gasteiger partial charge on any atom is -0.373 e. The van der Waals surface area contributed by atoms with Gasteiger partial charge in [0.1, 0.15) is 0 Å². The molecule has 0 bridgehead atoms. The van der Waals surface area contributed by atoms with Gasteiger partial charge in [-0.15, -0.1) is 0 Å². The van der Waals surface area contributed by atoms with E-state index in [0.29, 0.717) is 5.02 Å². The number of amides is 1. The highest BCUT2D eigenvalue weighted by atomic mass is 35.5. The van der Waals surface area contributed by atoms with Crippen molar-refractivity contribution in [1.82, 2.24) is 4.90 Å². The Morgan fingerprint density at radius 2 is 2.05 bits per heavy atom. The van der Waals surface area contributed by atoms with E-state index in [0.717, 1.165) is 18.8 Å². The molecule has 0 saturated carbocycles. The van der Waals surface area contributed by atoms with E-state index in [-0.39, 0.29) is 24.2 Å². The zero-order chi connectivity index (χ0) is 14.7. The summed E-state index contributed by atoms with van der Waals surface area (Å²) in [6, 6.07) is 6.99. The lowest BCUT2D eigenvalue weighted by atomic mass is 10.1. The van der Waals surface area contributed by atoms with Crippen LogP contribution in [0.2, 0.25) is 5.02 Å². The van der Waals surface area contributed by atoms with E-state index in [9.17, 15) is 4.79 Å². The number of nitrogens with zero attached hydrogens (tertiary/aromatic N) is 1. The molecule has 1 heterocycles. The number of benzene rings is 1. The molecule has 4 nitrogen and oxygen atoms in total. The highest BCUT2D eigenvalue weighted by Crippen LogP contribution is 2.17. The number of nitrogens with one attached hydrogen (secondary N) is 1.